The number of nitrogens with zero attached hydrogens (tertiary/aromatic N) is 4. The Hall–Kier alpha value is -3.87. The van der Waals surface area contributed by atoms with Crippen LogP contribution in [-0.2, 0) is 4.79 Å². The zero-order chi connectivity index (χ0) is 28.6. The molecule has 2 aliphatic heterocycles. The van der Waals surface area contributed by atoms with Crippen molar-refractivity contribution in [3.05, 3.63) is 80.9 Å². The predicted octanol–water partition coefficient (Wildman–Crippen LogP) is 5.86. The molecule has 7 nitrogen and oxygen atoms in total. The first-order valence-corrected chi connectivity index (χ1v) is 14.0. The third kappa shape index (κ3) is 5.55. The summed E-state index contributed by atoms with van der Waals surface area (Å²) in [5, 5.41) is 18.9. The fourth-order valence-electron chi connectivity index (χ4n) is 4.88. The molecule has 5 rings (SSSR count). The monoisotopic (exact) mass is 574 g/mol. The van der Waals surface area contributed by atoms with Crippen LogP contribution < -0.4 is 4.90 Å². The second-order valence-corrected chi connectivity index (χ2v) is 11.6. The van der Waals surface area contributed by atoms with Gasteiger partial charge in [0.15, 0.2) is 0 Å². The highest BCUT2D eigenvalue weighted by molar-refractivity contribution is 7.17. The molecule has 10 heteroatoms. The van der Waals surface area contributed by atoms with E-state index in [9.17, 15) is 9.18 Å². The highest BCUT2D eigenvalue weighted by atomic mass is 35.5. The van der Waals surface area contributed by atoms with E-state index in [-0.39, 0.29) is 37.0 Å². The van der Waals surface area contributed by atoms with Gasteiger partial charge in [0.25, 0.3) is 0 Å². The lowest BCUT2D eigenvalue weighted by Crippen LogP contribution is -2.42. The summed E-state index contributed by atoms with van der Waals surface area (Å²) in [5.41, 5.74) is 2.18. The molecule has 1 saturated heterocycles. The molecule has 2 N–H and O–H groups in total. The summed E-state index contributed by atoms with van der Waals surface area (Å²) in [6, 6.07) is 11.9. The molecular formula is C30H28ClFN6OS. The summed E-state index contributed by atoms with van der Waals surface area (Å²) in [6.07, 6.45) is 1.87. The molecule has 2 atom stereocenters. The number of amidine groups is 2. The van der Waals surface area contributed by atoms with E-state index in [1.54, 1.807) is 25.3 Å². The Bertz CT molecular complexity index is 1590. The van der Waals surface area contributed by atoms with E-state index in [4.69, 9.17) is 27.4 Å². The highest BCUT2D eigenvalue weighted by Crippen LogP contribution is 2.40. The summed E-state index contributed by atoms with van der Waals surface area (Å²) in [5.74, 6) is 6.19. The summed E-state index contributed by atoms with van der Waals surface area (Å²) in [7, 11) is 0. The normalized spacial score (nSPS) is 20.4. The van der Waals surface area contributed by atoms with Crippen molar-refractivity contribution in [2.24, 2.45) is 4.99 Å². The van der Waals surface area contributed by atoms with Gasteiger partial charge in [0.05, 0.1) is 23.6 Å². The summed E-state index contributed by atoms with van der Waals surface area (Å²) in [6.45, 7) is 5.41. The number of aromatic nitrogens is 1. The van der Waals surface area contributed by atoms with Crippen molar-refractivity contribution in [1.29, 1.82) is 10.8 Å². The molecule has 40 heavy (non-hydrogen) atoms. The van der Waals surface area contributed by atoms with Gasteiger partial charge in [-0.1, -0.05) is 29.8 Å². The van der Waals surface area contributed by atoms with Crippen LogP contribution in [-0.4, -0.2) is 58.0 Å². The number of anilines is 1. The van der Waals surface area contributed by atoms with E-state index < -0.39 is 11.7 Å². The number of aliphatic imine (C=N–C) groups is 1. The van der Waals surface area contributed by atoms with Crippen molar-refractivity contribution >= 4 is 51.2 Å². The van der Waals surface area contributed by atoms with Gasteiger partial charge in [-0.3, -0.25) is 25.5 Å². The number of amides is 1. The lowest BCUT2D eigenvalue weighted by atomic mass is 9.99. The quantitative estimate of drug-likeness (QED) is 0.233. The molecule has 0 bridgehead atoms. The first-order chi connectivity index (χ1) is 19.0. The van der Waals surface area contributed by atoms with Crippen LogP contribution in [0.4, 0.5) is 9.39 Å². The van der Waals surface area contributed by atoms with Crippen molar-refractivity contribution in [3.8, 4) is 11.8 Å². The average Bonchev–Trinajstić information content (AvgIpc) is 3.41. The number of nitrogens with one attached hydrogen (secondary N) is 2. The van der Waals surface area contributed by atoms with E-state index in [1.165, 1.54) is 28.1 Å². The molecule has 2 aliphatic rings. The van der Waals surface area contributed by atoms with E-state index in [0.717, 1.165) is 21.6 Å². The smallest absolute Gasteiger partial charge is 0.225 e. The fourth-order valence-corrected chi connectivity index (χ4v) is 6.24. The Labute approximate surface area is 241 Å². The van der Waals surface area contributed by atoms with Crippen molar-refractivity contribution in [2.45, 2.75) is 45.3 Å². The summed E-state index contributed by atoms with van der Waals surface area (Å²) in [4.78, 5) is 26.3. The number of likely N-dealkylation sites (tertiary alicyclic amines) is 1. The summed E-state index contributed by atoms with van der Waals surface area (Å²) < 4.78 is 14.5. The van der Waals surface area contributed by atoms with E-state index in [1.807, 2.05) is 37.3 Å². The standard InChI is InChI=1S/C30H28ClFN6OS/c1-18-24(12-11-22-6-4-5-14-35-22)40-29-26(18)27(20-7-9-21(31)10-8-20)36-23(28(34)38(29)19(2)33)16-25(39)37-15-13-30(3,32)17-37/h4-10,14,23,33-34H,13,15-17H2,1-3H3/t23-,30?/m0/s1. The van der Waals surface area contributed by atoms with Crippen molar-refractivity contribution in [3.63, 3.8) is 0 Å². The van der Waals surface area contributed by atoms with E-state index in [2.05, 4.69) is 16.8 Å². The second-order valence-electron chi connectivity index (χ2n) is 10.2. The van der Waals surface area contributed by atoms with Gasteiger partial charge in [0, 0.05) is 35.3 Å². The van der Waals surface area contributed by atoms with Gasteiger partial charge >= 0.3 is 0 Å². The molecule has 1 fully saturated rings. The summed E-state index contributed by atoms with van der Waals surface area (Å²) >= 11 is 7.56. The molecule has 1 amide bonds. The third-order valence-corrected chi connectivity index (χ3v) is 8.42. The number of benzene rings is 1. The van der Waals surface area contributed by atoms with Crippen LogP contribution in [0, 0.1) is 29.6 Å². The maximum absolute atomic E-state index is 14.5. The number of hydrogen-bond acceptors (Lipinski definition) is 6. The molecule has 0 radical (unpaired) electrons. The predicted molar refractivity (Wildman–Crippen MR) is 159 cm³/mol. The largest absolute Gasteiger partial charge is 0.339 e. The molecule has 4 heterocycles. The molecule has 0 spiro atoms. The van der Waals surface area contributed by atoms with Crippen molar-refractivity contribution in [1.82, 2.24) is 9.88 Å². The Morgan fingerprint density at radius 3 is 2.62 bits per heavy atom. The lowest BCUT2D eigenvalue weighted by molar-refractivity contribution is -0.130. The number of pyridine rings is 1. The Balaban J connectivity index is 1.63. The average molecular weight is 575 g/mol. The van der Waals surface area contributed by atoms with Crippen LogP contribution in [0.5, 0.6) is 0 Å². The lowest BCUT2D eigenvalue weighted by Gasteiger charge is -2.26. The van der Waals surface area contributed by atoms with Crippen LogP contribution in [0.3, 0.4) is 0 Å². The van der Waals surface area contributed by atoms with Crippen LogP contribution in [0.15, 0.2) is 53.7 Å². The number of hydrogen-bond donors (Lipinski definition) is 2. The van der Waals surface area contributed by atoms with Crippen molar-refractivity contribution < 1.29 is 9.18 Å². The number of alkyl halides is 1. The number of halogens is 2. The minimum atomic E-state index is -1.42. The number of carbonyl (C=O) groups is 1. The van der Waals surface area contributed by atoms with Gasteiger partial charge in [-0.2, -0.15) is 0 Å². The van der Waals surface area contributed by atoms with Crippen LogP contribution >= 0.6 is 22.9 Å². The zero-order valence-electron chi connectivity index (χ0n) is 22.4. The van der Waals surface area contributed by atoms with Gasteiger partial charge in [-0.25, -0.2) is 9.37 Å². The first-order valence-electron chi connectivity index (χ1n) is 12.8. The molecule has 2 aromatic heterocycles. The van der Waals surface area contributed by atoms with Gasteiger partial charge < -0.3 is 4.90 Å². The van der Waals surface area contributed by atoms with E-state index >= 15 is 0 Å². The Morgan fingerprint density at radius 2 is 2.00 bits per heavy atom. The second kappa shape index (κ2) is 11.0. The molecule has 1 unspecified atom stereocenters. The van der Waals surface area contributed by atoms with Crippen LogP contribution in [0.1, 0.15) is 54.0 Å². The topological polar surface area (TPSA) is 96.5 Å². The minimum Gasteiger partial charge on any atom is -0.339 e. The molecule has 1 aromatic carbocycles. The number of thiophene rings is 1. The molecular weight excluding hydrogens is 547 g/mol. The SMILES string of the molecule is CC(=N)N1C(=N)[C@H](CC(=O)N2CCC(C)(F)C2)N=C(c2ccc(Cl)cc2)c2c1sc(C#Cc1ccccn1)c2C. The highest BCUT2D eigenvalue weighted by Gasteiger charge is 2.39. The van der Waals surface area contributed by atoms with E-state index in [0.29, 0.717) is 28.0 Å². The van der Waals surface area contributed by atoms with Gasteiger partial charge in [-0.15, -0.1) is 11.3 Å². The van der Waals surface area contributed by atoms with Crippen LogP contribution in [0.2, 0.25) is 5.02 Å². The maximum atomic E-state index is 14.5. The number of carbonyl (C=O) groups excluding carboxylic acids is 1. The maximum Gasteiger partial charge on any atom is 0.225 e. The minimum absolute atomic E-state index is 0.0127. The first kappa shape index (κ1) is 27.7. The van der Waals surface area contributed by atoms with Gasteiger partial charge in [0.2, 0.25) is 5.91 Å². The third-order valence-electron chi connectivity index (χ3n) is 6.98. The molecule has 3 aromatic rings. The number of fused-ring (bicyclic) bond motifs is 1. The van der Waals surface area contributed by atoms with Gasteiger partial charge in [0.1, 0.15) is 34.1 Å². The molecule has 204 valence electrons. The fraction of sp³-hybridized carbons (Fsp3) is 0.300. The Morgan fingerprint density at radius 1 is 1.25 bits per heavy atom. The van der Waals surface area contributed by atoms with Gasteiger partial charge in [-0.05, 0) is 62.4 Å². The Kier molecular flexibility index (Phi) is 7.58. The van der Waals surface area contributed by atoms with Crippen molar-refractivity contribution in [2.75, 3.05) is 18.0 Å². The molecule has 0 aliphatic carbocycles. The molecule has 0 saturated carbocycles. The number of rotatable bonds is 3. The zero-order valence-corrected chi connectivity index (χ0v) is 24.0. The van der Waals surface area contributed by atoms with Crippen LogP contribution in [0.25, 0.3) is 0 Å².